The van der Waals surface area contributed by atoms with E-state index in [1.165, 1.54) is 4.90 Å². The Labute approximate surface area is 180 Å². The monoisotopic (exact) mass is 417 g/mol. The van der Waals surface area contributed by atoms with Crippen LogP contribution in [-0.4, -0.2) is 56.8 Å². The number of nitrogens with two attached hydrogens (primary N) is 1. The average molecular weight is 417 g/mol. The maximum absolute atomic E-state index is 11.7. The zero-order valence-corrected chi connectivity index (χ0v) is 17.3. The van der Waals surface area contributed by atoms with Crippen LogP contribution in [0.1, 0.15) is 28.0 Å². The molecule has 0 aliphatic rings. The van der Waals surface area contributed by atoms with Crippen LogP contribution in [0.15, 0.2) is 36.5 Å². The van der Waals surface area contributed by atoms with E-state index in [-0.39, 0.29) is 5.69 Å². The second kappa shape index (κ2) is 10.6. The van der Waals surface area contributed by atoms with E-state index in [2.05, 4.69) is 34.8 Å². The molecule has 2 aromatic heterocycles. The van der Waals surface area contributed by atoms with Crippen molar-refractivity contribution in [2.75, 3.05) is 13.6 Å². The number of hydrogen-bond acceptors (Lipinski definition) is 5. The fourth-order valence-corrected chi connectivity index (χ4v) is 2.89. The Hall–Kier alpha value is -4.14. The van der Waals surface area contributed by atoms with Gasteiger partial charge in [-0.15, -0.1) is 12.8 Å². The van der Waals surface area contributed by atoms with Gasteiger partial charge in [-0.25, -0.2) is 9.67 Å². The highest BCUT2D eigenvalue weighted by atomic mass is 16.3. The predicted octanol–water partition coefficient (Wildman–Crippen LogP) is 1.27. The molecule has 3 aromatic rings. The molecule has 0 saturated carbocycles. The van der Waals surface area contributed by atoms with Crippen molar-refractivity contribution in [1.29, 1.82) is 0 Å². The summed E-state index contributed by atoms with van der Waals surface area (Å²) in [5.74, 6) is 5.12. The number of primary amides is 1. The Morgan fingerprint density at radius 1 is 1.39 bits per heavy atom. The highest BCUT2D eigenvalue weighted by molar-refractivity contribution is 6.03. The summed E-state index contributed by atoms with van der Waals surface area (Å²) in [5.41, 5.74) is 8.42. The van der Waals surface area contributed by atoms with Gasteiger partial charge in [-0.1, -0.05) is 11.8 Å². The van der Waals surface area contributed by atoms with Crippen molar-refractivity contribution in [3.8, 4) is 30.4 Å². The summed E-state index contributed by atoms with van der Waals surface area (Å²) in [6, 6.07) is 9.05. The second-order valence-corrected chi connectivity index (χ2v) is 6.72. The molecule has 3 rings (SSSR count). The van der Waals surface area contributed by atoms with Gasteiger partial charge < -0.3 is 15.7 Å². The lowest BCUT2D eigenvalue weighted by Gasteiger charge is -2.10. The van der Waals surface area contributed by atoms with Gasteiger partial charge in [-0.3, -0.25) is 9.59 Å². The number of aliphatic hydroxyl groups is 1. The van der Waals surface area contributed by atoms with Gasteiger partial charge in [0.15, 0.2) is 11.3 Å². The molecular formula is C23H23N5O3. The van der Waals surface area contributed by atoms with Crippen LogP contribution in [0.3, 0.4) is 0 Å². The first-order valence-electron chi connectivity index (χ1n) is 9.33. The minimum absolute atomic E-state index is 0.150. The standard InChI is InChI=1S/C21H21N5O3.C2H2/c1-14-10-15(5-6-17(28)7-9-25(2)13-27)12-16(11-14)26-21-18(4-3-8-23-21)19(24-26)20(22)29;1-2/h3-4,8,10-13,17,28H,7,9H2,1-2H3,(H2,22,29);1-2H/t17-;/m0./s1. The number of amides is 2. The van der Waals surface area contributed by atoms with Crippen LogP contribution in [0.2, 0.25) is 0 Å². The number of hydrogen-bond donors (Lipinski definition) is 2. The Morgan fingerprint density at radius 3 is 2.81 bits per heavy atom. The summed E-state index contributed by atoms with van der Waals surface area (Å²) in [7, 11) is 1.64. The van der Waals surface area contributed by atoms with E-state index in [9.17, 15) is 14.7 Å². The summed E-state index contributed by atoms with van der Waals surface area (Å²) >= 11 is 0. The van der Waals surface area contributed by atoms with E-state index in [1.54, 1.807) is 36.1 Å². The SMILES string of the molecule is C#C.Cc1cc(C#C[C@H](O)CCN(C)C=O)cc(-n2nc(C(N)=O)c3cccnc32)c1. The van der Waals surface area contributed by atoms with Gasteiger partial charge in [0, 0.05) is 31.8 Å². The van der Waals surface area contributed by atoms with Crippen LogP contribution in [0.4, 0.5) is 0 Å². The maximum Gasteiger partial charge on any atom is 0.269 e. The number of rotatable bonds is 6. The number of terminal acetylenes is 1. The van der Waals surface area contributed by atoms with E-state index >= 15 is 0 Å². The third-order valence-corrected chi connectivity index (χ3v) is 4.30. The molecule has 8 heteroatoms. The molecule has 2 amide bonds. The van der Waals surface area contributed by atoms with Gasteiger partial charge in [-0.2, -0.15) is 5.10 Å². The number of carbonyl (C=O) groups is 2. The van der Waals surface area contributed by atoms with Gasteiger partial charge in [0.2, 0.25) is 6.41 Å². The molecule has 8 nitrogen and oxygen atoms in total. The Kier molecular flexibility index (Phi) is 7.90. The van der Waals surface area contributed by atoms with Crippen molar-refractivity contribution < 1.29 is 14.7 Å². The molecule has 0 unspecified atom stereocenters. The fourth-order valence-electron chi connectivity index (χ4n) is 2.89. The first-order valence-corrected chi connectivity index (χ1v) is 9.33. The number of fused-ring (bicyclic) bond motifs is 1. The van der Waals surface area contributed by atoms with Crippen molar-refractivity contribution in [3.05, 3.63) is 53.3 Å². The lowest BCUT2D eigenvalue weighted by molar-refractivity contribution is -0.117. The zero-order valence-electron chi connectivity index (χ0n) is 17.3. The Bertz CT molecular complexity index is 1170. The van der Waals surface area contributed by atoms with Gasteiger partial charge in [0.1, 0.15) is 6.10 Å². The molecule has 1 atom stereocenters. The van der Waals surface area contributed by atoms with Gasteiger partial charge in [0.05, 0.1) is 11.1 Å². The topological polar surface area (TPSA) is 114 Å². The van der Waals surface area contributed by atoms with Gasteiger partial charge in [-0.05, 0) is 42.8 Å². The predicted molar refractivity (Wildman–Crippen MR) is 118 cm³/mol. The van der Waals surface area contributed by atoms with Crippen molar-refractivity contribution >= 4 is 23.4 Å². The summed E-state index contributed by atoms with van der Waals surface area (Å²) < 4.78 is 1.56. The molecule has 0 aliphatic heterocycles. The molecule has 0 aliphatic carbocycles. The molecule has 0 bridgehead atoms. The van der Waals surface area contributed by atoms with Crippen LogP contribution in [0, 0.1) is 31.6 Å². The lowest BCUT2D eigenvalue weighted by Crippen LogP contribution is -2.21. The molecule has 31 heavy (non-hydrogen) atoms. The number of nitrogens with zero attached hydrogens (tertiary/aromatic N) is 4. The number of carbonyl (C=O) groups excluding carboxylic acids is 2. The molecule has 158 valence electrons. The zero-order chi connectivity index (χ0) is 23.0. The highest BCUT2D eigenvalue weighted by Crippen LogP contribution is 2.21. The van der Waals surface area contributed by atoms with Gasteiger partial charge in [0.25, 0.3) is 5.91 Å². The fraction of sp³-hybridized carbons (Fsp3) is 0.217. The maximum atomic E-state index is 11.7. The molecule has 1 aromatic carbocycles. The summed E-state index contributed by atoms with van der Waals surface area (Å²) in [4.78, 5) is 28.1. The smallest absolute Gasteiger partial charge is 0.269 e. The normalized spacial score (nSPS) is 10.9. The number of aryl methyl sites for hydroxylation is 1. The Balaban J connectivity index is 0.00000166. The van der Waals surface area contributed by atoms with Gasteiger partial charge >= 0.3 is 0 Å². The molecule has 0 fully saturated rings. The van der Waals surface area contributed by atoms with Crippen molar-refractivity contribution in [3.63, 3.8) is 0 Å². The van der Waals surface area contributed by atoms with Crippen LogP contribution in [-0.2, 0) is 4.79 Å². The molecule has 0 saturated heterocycles. The van der Waals surface area contributed by atoms with Crippen LogP contribution < -0.4 is 5.73 Å². The van der Waals surface area contributed by atoms with E-state index in [0.29, 0.717) is 41.7 Å². The summed E-state index contributed by atoms with van der Waals surface area (Å²) in [6.07, 6.45) is 9.83. The van der Waals surface area contributed by atoms with Crippen molar-refractivity contribution in [2.45, 2.75) is 19.4 Å². The Morgan fingerprint density at radius 2 is 2.13 bits per heavy atom. The lowest BCUT2D eigenvalue weighted by atomic mass is 10.1. The van der Waals surface area contributed by atoms with Crippen LogP contribution >= 0.6 is 0 Å². The summed E-state index contributed by atoms with van der Waals surface area (Å²) in [6.45, 7) is 2.33. The van der Waals surface area contributed by atoms with E-state index in [0.717, 1.165) is 5.56 Å². The molecule has 3 N–H and O–H groups in total. The first-order chi connectivity index (χ1) is 14.9. The molecule has 0 radical (unpaired) electrons. The van der Waals surface area contributed by atoms with E-state index in [4.69, 9.17) is 5.73 Å². The largest absolute Gasteiger partial charge is 0.380 e. The first kappa shape index (κ1) is 23.1. The van der Waals surface area contributed by atoms with Crippen molar-refractivity contribution in [1.82, 2.24) is 19.7 Å². The van der Waals surface area contributed by atoms with E-state index < -0.39 is 12.0 Å². The molecular weight excluding hydrogens is 394 g/mol. The third kappa shape index (κ3) is 5.69. The second-order valence-electron chi connectivity index (χ2n) is 6.72. The summed E-state index contributed by atoms with van der Waals surface area (Å²) in [5, 5.41) is 14.9. The minimum Gasteiger partial charge on any atom is -0.380 e. The van der Waals surface area contributed by atoms with Crippen molar-refractivity contribution in [2.24, 2.45) is 5.73 Å². The quantitative estimate of drug-likeness (QED) is 0.463. The molecule has 0 spiro atoms. The third-order valence-electron chi connectivity index (χ3n) is 4.30. The number of pyridine rings is 1. The molecule has 2 heterocycles. The number of aliphatic hydroxyl groups excluding tert-OH is 1. The van der Waals surface area contributed by atoms with E-state index in [1.807, 2.05) is 19.1 Å². The minimum atomic E-state index is -0.852. The number of benzene rings is 1. The highest BCUT2D eigenvalue weighted by Gasteiger charge is 2.16. The average Bonchev–Trinajstić information content (AvgIpc) is 3.17. The van der Waals surface area contributed by atoms with Crippen LogP contribution in [0.25, 0.3) is 16.7 Å². The van der Waals surface area contributed by atoms with Crippen LogP contribution in [0.5, 0.6) is 0 Å². The number of aromatic nitrogens is 3.